The number of methoxy groups -OCH3 is 1. The van der Waals surface area contributed by atoms with Crippen LogP contribution >= 0.6 is 0 Å². The summed E-state index contributed by atoms with van der Waals surface area (Å²) in [5, 5.41) is 3.26. The molecule has 0 aromatic heterocycles. The highest BCUT2D eigenvalue weighted by Gasteiger charge is 2.15. The highest BCUT2D eigenvalue weighted by Crippen LogP contribution is 2.14. The first-order valence-corrected chi connectivity index (χ1v) is 5.80. The molecule has 1 saturated heterocycles. The van der Waals surface area contributed by atoms with Crippen molar-refractivity contribution >= 4 is 0 Å². The molecule has 1 aromatic carbocycles. The maximum atomic E-state index is 5.64. The summed E-state index contributed by atoms with van der Waals surface area (Å²) in [4.78, 5) is 0. The van der Waals surface area contributed by atoms with Gasteiger partial charge >= 0.3 is 0 Å². The van der Waals surface area contributed by atoms with Gasteiger partial charge < -0.3 is 14.8 Å². The van der Waals surface area contributed by atoms with Gasteiger partial charge in [-0.15, -0.1) is 0 Å². The van der Waals surface area contributed by atoms with E-state index < -0.39 is 0 Å². The third-order valence-corrected chi connectivity index (χ3v) is 2.94. The Balaban J connectivity index is 1.67. The minimum absolute atomic E-state index is 0.678. The lowest BCUT2D eigenvalue weighted by Crippen LogP contribution is -2.42. The van der Waals surface area contributed by atoms with Crippen LogP contribution < -0.4 is 10.1 Å². The molecule has 1 aromatic rings. The second-order valence-corrected chi connectivity index (χ2v) is 4.22. The summed E-state index contributed by atoms with van der Waals surface area (Å²) < 4.78 is 10.8. The average molecular weight is 221 g/mol. The molecule has 1 aliphatic heterocycles. The molecule has 3 nitrogen and oxygen atoms in total. The maximum Gasteiger partial charge on any atom is 0.119 e. The van der Waals surface area contributed by atoms with E-state index in [1.165, 1.54) is 5.56 Å². The van der Waals surface area contributed by atoms with Gasteiger partial charge in [0.25, 0.3) is 0 Å². The topological polar surface area (TPSA) is 30.5 Å². The zero-order valence-electron chi connectivity index (χ0n) is 9.74. The number of hydrogen-bond acceptors (Lipinski definition) is 3. The Morgan fingerprint density at radius 3 is 2.94 bits per heavy atom. The van der Waals surface area contributed by atoms with Crippen LogP contribution in [-0.2, 0) is 11.3 Å². The van der Waals surface area contributed by atoms with E-state index in [0.717, 1.165) is 37.8 Å². The van der Waals surface area contributed by atoms with Crippen LogP contribution in [0.15, 0.2) is 24.3 Å². The molecule has 0 radical (unpaired) electrons. The fourth-order valence-electron chi connectivity index (χ4n) is 1.75. The van der Waals surface area contributed by atoms with Crippen molar-refractivity contribution in [2.45, 2.75) is 13.0 Å². The molecule has 1 N–H and O–H groups in total. The van der Waals surface area contributed by atoms with Crippen LogP contribution in [0.5, 0.6) is 5.75 Å². The standard InChI is InChI=1S/C13H19NO2/c1-15-13-4-2-3-11(7-13)10-16-6-5-12-8-14-9-12/h2-4,7,12,14H,5-6,8-10H2,1H3. The number of ether oxygens (including phenoxy) is 2. The zero-order valence-corrected chi connectivity index (χ0v) is 9.74. The van der Waals surface area contributed by atoms with Gasteiger partial charge in [0.05, 0.1) is 13.7 Å². The summed E-state index contributed by atoms with van der Waals surface area (Å²) in [6, 6.07) is 8.02. The molecule has 3 heteroatoms. The van der Waals surface area contributed by atoms with Crippen molar-refractivity contribution in [1.82, 2.24) is 5.32 Å². The van der Waals surface area contributed by atoms with Crippen LogP contribution in [0.2, 0.25) is 0 Å². The SMILES string of the molecule is COc1cccc(COCCC2CNC2)c1. The van der Waals surface area contributed by atoms with Crippen molar-refractivity contribution < 1.29 is 9.47 Å². The molecule has 0 atom stereocenters. The molecule has 1 fully saturated rings. The van der Waals surface area contributed by atoms with E-state index in [2.05, 4.69) is 11.4 Å². The average Bonchev–Trinajstić information content (AvgIpc) is 2.27. The van der Waals surface area contributed by atoms with Gasteiger partial charge in [0.1, 0.15) is 5.75 Å². The van der Waals surface area contributed by atoms with Gasteiger partial charge in [-0.25, -0.2) is 0 Å². The van der Waals surface area contributed by atoms with Gasteiger partial charge in [-0.3, -0.25) is 0 Å². The second-order valence-electron chi connectivity index (χ2n) is 4.22. The number of benzene rings is 1. The quantitative estimate of drug-likeness (QED) is 0.743. The predicted octanol–water partition coefficient (Wildman–Crippen LogP) is 1.82. The fraction of sp³-hybridized carbons (Fsp3) is 0.538. The first kappa shape index (κ1) is 11.4. The molecule has 1 heterocycles. The minimum atomic E-state index is 0.678. The van der Waals surface area contributed by atoms with Gasteiger partial charge in [0.15, 0.2) is 0 Å². The molecule has 88 valence electrons. The minimum Gasteiger partial charge on any atom is -0.497 e. The first-order valence-electron chi connectivity index (χ1n) is 5.80. The summed E-state index contributed by atoms with van der Waals surface area (Å²) in [7, 11) is 1.68. The van der Waals surface area contributed by atoms with Crippen LogP contribution in [0.4, 0.5) is 0 Å². The van der Waals surface area contributed by atoms with E-state index in [1.54, 1.807) is 7.11 Å². The third-order valence-electron chi connectivity index (χ3n) is 2.94. The molecular formula is C13H19NO2. The van der Waals surface area contributed by atoms with E-state index in [0.29, 0.717) is 6.61 Å². The van der Waals surface area contributed by atoms with Crippen LogP contribution in [0, 0.1) is 5.92 Å². The van der Waals surface area contributed by atoms with Crippen molar-refractivity contribution in [3.8, 4) is 5.75 Å². The Labute approximate surface area is 96.8 Å². The Morgan fingerprint density at radius 1 is 1.38 bits per heavy atom. The molecular weight excluding hydrogens is 202 g/mol. The third kappa shape index (κ3) is 3.22. The summed E-state index contributed by atoms with van der Waals surface area (Å²) in [6.45, 7) is 3.84. The number of hydrogen-bond donors (Lipinski definition) is 1. The molecule has 0 bridgehead atoms. The largest absolute Gasteiger partial charge is 0.497 e. The van der Waals surface area contributed by atoms with Crippen LogP contribution in [0.3, 0.4) is 0 Å². The predicted molar refractivity (Wildman–Crippen MR) is 63.6 cm³/mol. The van der Waals surface area contributed by atoms with Crippen molar-refractivity contribution in [2.24, 2.45) is 5.92 Å². The molecule has 0 amide bonds. The second kappa shape index (κ2) is 5.87. The molecule has 16 heavy (non-hydrogen) atoms. The van der Waals surface area contributed by atoms with Crippen LogP contribution in [0.25, 0.3) is 0 Å². The van der Waals surface area contributed by atoms with Gasteiger partial charge in [-0.05, 0) is 43.1 Å². The highest BCUT2D eigenvalue weighted by molar-refractivity contribution is 5.27. The molecule has 0 saturated carbocycles. The van der Waals surface area contributed by atoms with Crippen LogP contribution in [0.1, 0.15) is 12.0 Å². The molecule has 0 spiro atoms. The summed E-state index contributed by atoms with van der Waals surface area (Å²) in [5.41, 5.74) is 1.17. The van der Waals surface area contributed by atoms with E-state index in [4.69, 9.17) is 9.47 Å². The smallest absolute Gasteiger partial charge is 0.119 e. The Kier molecular flexibility index (Phi) is 4.19. The highest BCUT2D eigenvalue weighted by atomic mass is 16.5. The van der Waals surface area contributed by atoms with E-state index in [1.807, 2.05) is 18.2 Å². The van der Waals surface area contributed by atoms with Crippen LogP contribution in [-0.4, -0.2) is 26.8 Å². The van der Waals surface area contributed by atoms with Crippen molar-refractivity contribution in [3.63, 3.8) is 0 Å². The molecule has 1 aliphatic rings. The fourth-order valence-corrected chi connectivity index (χ4v) is 1.75. The molecule has 0 aliphatic carbocycles. The van der Waals surface area contributed by atoms with Crippen molar-refractivity contribution in [3.05, 3.63) is 29.8 Å². The summed E-state index contributed by atoms with van der Waals surface area (Å²) in [6.07, 6.45) is 1.16. The normalized spacial score (nSPS) is 15.8. The van der Waals surface area contributed by atoms with Gasteiger partial charge in [0.2, 0.25) is 0 Å². The summed E-state index contributed by atoms with van der Waals surface area (Å²) >= 11 is 0. The molecule has 2 rings (SSSR count). The number of nitrogens with one attached hydrogen (secondary N) is 1. The van der Waals surface area contributed by atoms with Crippen molar-refractivity contribution in [1.29, 1.82) is 0 Å². The zero-order chi connectivity index (χ0) is 11.2. The first-order chi connectivity index (χ1) is 7.88. The van der Waals surface area contributed by atoms with Gasteiger partial charge in [-0.2, -0.15) is 0 Å². The Hall–Kier alpha value is -1.06. The molecule has 0 unspecified atom stereocenters. The lowest BCUT2D eigenvalue weighted by Gasteiger charge is -2.26. The van der Waals surface area contributed by atoms with E-state index in [-0.39, 0.29) is 0 Å². The monoisotopic (exact) mass is 221 g/mol. The maximum absolute atomic E-state index is 5.64. The summed E-state index contributed by atoms with van der Waals surface area (Å²) in [5.74, 6) is 1.72. The Morgan fingerprint density at radius 2 is 2.25 bits per heavy atom. The van der Waals surface area contributed by atoms with Crippen molar-refractivity contribution in [2.75, 3.05) is 26.8 Å². The Bertz CT molecular complexity index is 323. The lowest BCUT2D eigenvalue weighted by molar-refractivity contribution is 0.0992. The van der Waals surface area contributed by atoms with Gasteiger partial charge in [0, 0.05) is 6.61 Å². The van der Waals surface area contributed by atoms with E-state index in [9.17, 15) is 0 Å². The van der Waals surface area contributed by atoms with Gasteiger partial charge in [-0.1, -0.05) is 12.1 Å². The van der Waals surface area contributed by atoms with E-state index >= 15 is 0 Å². The number of rotatable bonds is 6. The lowest BCUT2D eigenvalue weighted by atomic mass is 10.0.